The first kappa shape index (κ1) is 40.4. The third-order valence-electron chi connectivity index (χ3n) is 8.86. The van der Waals surface area contributed by atoms with Crippen molar-refractivity contribution in [2.75, 3.05) is 42.3 Å². The summed E-state index contributed by atoms with van der Waals surface area (Å²) in [5, 5.41) is 9.17. The Balaban J connectivity index is 0.874. The van der Waals surface area contributed by atoms with E-state index in [4.69, 9.17) is 0 Å². The average molecular weight is 763 g/mol. The van der Waals surface area contributed by atoms with Gasteiger partial charge in [0, 0.05) is 60.9 Å². The van der Waals surface area contributed by atoms with Gasteiger partial charge in [0.05, 0.1) is 39.4 Å². The molecule has 5 rings (SSSR count). The zero-order chi connectivity index (χ0) is 37.6. The van der Waals surface area contributed by atoms with E-state index in [0.29, 0.717) is 0 Å². The summed E-state index contributed by atoms with van der Waals surface area (Å²) in [5.41, 5.74) is 7.13. The highest BCUT2D eigenvalue weighted by molar-refractivity contribution is 8.76. The first-order valence-electron chi connectivity index (χ1n) is 19.0. The van der Waals surface area contributed by atoms with Crippen LogP contribution in [0.25, 0.3) is 18.2 Å². The summed E-state index contributed by atoms with van der Waals surface area (Å²) in [6.45, 7) is 8.02. The van der Waals surface area contributed by atoms with Crippen LogP contribution in [-0.4, -0.2) is 40.8 Å². The van der Waals surface area contributed by atoms with Gasteiger partial charge in [0.15, 0.2) is 12.4 Å². The third kappa shape index (κ3) is 14.9. The van der Waals surface area contributed by atoms with Gasteiger partial charge >= 0.3 is 0 Å². The molecule has 0 amide bonds. The van der Waals surface area contributed by atoms with Crippen molar-refractivity contribution in [1.29, 1.82) is 0 Å². The zero-order valence-electron chi connectivity index (χ0n) is 32.1. The molecule has 8 nitrogen and oxygen atoms in total. The molecule has 0 aliphatic rings. The quantitative estimate of drug-likeness (QED) is 0.0304. The second-order valence-electron chi connectivity index (χ2n) is 13.2. The van der Waals surface area contributed by atoms with Gasteiger partial charge in [0.1, 0.15) is 31.8 Å². The van der Waals surface area contributed by atoms with Gasteiger partial charge in [-0.15, -0.1) is 0 Å². The van der Waals surface area contributed by atoms with E-state index in [0.717, 1.165) is 75.0 Å². The van der Waals surface area contributed by atoms with Gasteiger partial charge < -0.3 is 16.0 Å². The molecule has 282 valence electrons. The second kappa shape index (κ2) is 23.1. The van der Waals surface area contributed by atoms with Crippen LogP contribution in [0, 0.1) is 0 Å². The number of quaternary nitrogens is 1. The number of anilines is 2. The molecule has 0 fully saturated rings. The fourth-order valence-corrected chi connectivity index (χ4v) is 7.65. The molecule has 4 N–H and O–H groups in total. The number of pyridine rings is 1. The number of rotatable bonds is 23. The monoisotopic (exact) mass is 762 g/mol. The maximum atomic E-state index is 3.56. The minimum Gasteiger partial charge on any atom is -0.385 e. The van der Waals surface area contributed by atoms with E-state index >= 15 is 0 Å². The molecular formula is C44H58N8S2+4. The number of allylic oxidation sites excluding steroid dienone is 4. The van der Waals surface area contributed by atoms with Crippen molar-refractivity contribution >= 4 is 51.2 Å². The number of nitrogens with two attached hydrogens (primary N) is 1. The maximum absolute atomic E-state index is 3.56. The van der Waals surface area contributed by atoms with E-state index in [-0.39, 0.29) is 0 Å². The molecule has 0 saturated carbocycles. The number of aryl methyl sites for hydroxylation is 5. The first-order valence-corrected chi connectivity index (χ1v) is 21.5. The van der Waals surface area contributed by atoms with Gasteiger partial charge in [0.25, 0.3) is 0 Å². The molecule has 0 spiro atoms. The Labute approximate surface area is 330 Å². The van der Waals surface area contributed by atoms with Crippen molar-refractivity contribution in [3.05, 3.63) is 157 Å². The summed E-state index contributed by atoms with van der Waals surface area (Å²) in [6.07, 6.45) is 34.4. The summed E-state index contributed by atoms with van der Waals surface area (Å²) in [4.78, 5) is 0. The lowest BCUT2D eigenvalue weighted by Gasteiger charge is -2.06. The molecular weight excluding hydrogens is 705 g/mol. The maximum Gasteiger partial charge on any atom is 0.243 e. The standard InChI is InChI=1S/C44H56N8S2/c1-4-39(19-24-45-2)7-8-40-11-15-43(16-12-40)46-22-5-25-49-29-31-51(37-49)33-35-53-54-36-34-52-32-30-50(38-52)26-6-23-47-44-17-13-41(14-18-44)9-10-42-20-27-48(3)28-21-42/h4,7-21,24,27-32,37-38,45-46H,5-6,22-23,25-26,33-36H2,1-3H3/q+2/p+2. The second-order valence-corrected chi connectivity index (χ2v) is 15.9. The van der Waals surface area contributed by atoms with Crippen LogP contribution in [0.3, 0.4) is 0 Å². The van der Waals surface area contributed by atoms with Crippen LogP contribution < -0.4 is 29.7 Å². The zero-order valence-corrected chi connectivity index (χ0v) is 33.8. The van der Waals surface area contributed by atoms with Gasteiger partial charge in [-0.05, 0) is 59.5 Å². The molecule has 0 atom stereocenters. The van der Waals surface area contributed by atoms with Crippen LogP contribution in [0.1, 0.15) is 36.5 Å². The van der Waals surface area contributed by atoms with Crippen molar-refractivity contribution < 1.29 is 19.0 Å². The summed E-state index contributed by atoms with van der Waals surface area (Å²) in [6, 6.07) is 21.5. The molecule has 0 bridgehead atoms. The van der Waals surface area contributed by atoms with Gasteiger partial charge in [-0.1, -0.05) is 76.2 Å². The minimum atomic E-state index is 0.947. The molecule has 10 heteroatoms. The highest BCUT2D eigenvalue weighted by Gasteiger charge is 2.06. The van der Waals surface area contributed by atoms with E-state index in [1.54, 1.807) is 0 Å². The van der Waals surface area contributed by atoms with Gasteiger partial charge in [-0.3, -0.25) is 0 Å². The number of imidazole rings is 2. The van der Waals surface area contributed by atoms with E-state index < -0.39 is 0 Å². The summed E-state index contributed by atoms with van der Waals surface area (Å²) >= 11 is 0. The summed E-state index contributed by atoms with van der Waals surface area (Å²) < 4.78 is 11.2. The van der Waals surface area contributed by atoms with Crippen molar-refractivity contribution in [2.45, 2.75) is 45.9 Å². The SMILES string of the molecule is CC=C(C=C[NH2+]C)C=Cc1ccc(NCCC[n+]2ccn(CCSSCCn3cc[n+](CCCNc4ccc(C=Cc5cc[n+](C)cc5)cc4)c3)c2)cc1. The average Bonchev–Trinajstić information content (AvgIpc) is 3.86. The molecule has 3 heterocycles. The topological polar surface area (TPSA) is 62.2 Å². The van der Waals surface area contributed by atoms with Gasteiger partial charge in [-0.25, -0.2) is 22.8 Å². The lowest BCUT2D eigenvalue weighted by molar-refractivity contribution is -0.696. The van der Waals surface area contributed by atoms with E-state index in [2.05, 4.69) is 189 Å². The number of hydrogen-bond donors (Lipinski definition) is 3. The van der Waals surface area contributed by atoms with Crippen LogP contribution in [0.15, 0.2) is 141 Å². The number of nitrogens with one attached hydrogen (secondary N) is 2. The van der Waals surface area contributed by atoms with Gasteiger partial charge in [0.2, 0.25) is 12.7 Å². The molecule has 0 saturated heterocycles. The van der Waals surface area contributed by atoms with Crippen LogP contribution in [0.4, 0.5) is 11.4 Å². The first-order chi connectivity index (χ1) is 26.6. The Bertz CT molecular complexity index is 1920. The molecule has 54 heavy (non-hydrogen) atoms. The number of nitrogens with zero attached hydrogens (tertiary/aromatic N) is 5. The Hall–Kier alpha value is -4.77. The fraction of sp³-hybridized carbons (Fsp3) is 0.295. The Morgan fingerprint density at radius 2 is 1.17 bits per heavy atom. The minimum absolute atomic E-state index is 0.947. The molecule has 0 unspecified atom stereocenters. The van der Waals surface area contributed by atoms with Crippen LogP contribution in [-0.2, 0) is 33.2 Å². The smallest absolute Gasteiger partial charge is 0.243 e. The molecule has 3 aromatic heterocycles. The van der Waals surface area contributed by atoms with Crippen LogP contribution in [0.2, 0.25) is 0 Å². The predicted molar refractivity (Wildman–Crippen MR) is 230 cm³/mol. The molecule has 0 aliphatic heterocycles. The third-order valence-corrected chi connectivity index (χ3v) is 11.2. The Kier molecular flexibility index (Phi) is 17.3. The van der Waals surface area contributed by atoms with E-state index in [1.165, 1.54) is 22.3 Å². The Morgan fingerprint density at radius 3 is 1.67 bits per heavy atom. The number of aromatic nitrogens is 5. The molecule has 0 aliphatic carbocycles. The number of hydrogen-bond acceptors (Lipinski definition) is 4. The molecule has 2 aromatic carbocycles. The summed E-state index contributed by atoms with van der Waals surface area (Å²) in [5.74, 6) is 2.20. The predicted octanol–water partition coefficient (Wildman–Crippen LogP) is 6.61. The lowest BCUT2D eigenvalue weighted by Crippen LogP contribution is -2.72. The van der Waals surface area contributed by atoms with Crippen molar-refractivity contribution in [1.82, 2.24) is 9.13 Å². The highest BCUT2D eigenvalue weighted by atomic mass is 33.1. The number of benzene rings is 2. The van der Waals surface area contributed by atoms with Crippen LogP contribution >= 0.6 is 21.6 Å². The van der Waals surface area contributed by atoms with E-state index in [1.807, 2.05) is 45.6 Å². The Morgan fingerprint density at radius 1 is 0.667 bits per heavy atom. The largest absolute Gasteiger partial charge is 0.385 e. The van der Waals surface area contributed by atoms with Gasteiger partial charge in [-0.2, -0.15) is 0 Å². The van der Waals surface area contributed by atoms with Crippen molar-refractivity contribution in [2.24, 2.45) is 7.05 Å². The highest BCUT2D eigenvalue weighted by Crippen LogP contribution is 2.21. The lowest BCUT2D eigenvalue weighted by atomic mass is 10.1. The van der Waals surface area contributed by atoms with Crippen molar-refractivity contribution in [3.63, 3.8) is 0 Å². The van der Waals surface area contributed by atoms with E-state index in [9.17, 15) is 0 Å². The summed E-state index contributed by atoms with van der Waals surface area (Å²) in [7, 11) is 7.99. The van der Waals surface area contributed by atoms with Crippen LogP contribution in [0.5, 0.6) is 0 Å². The van der Waals surface area contributed by atoms with Crippen molar-refractivity contribution in [3.8, 4) is 0 Å². The molecule has 5 aromatic rings. The molecule has 0 radical (unpaired) electrons. The normalized spacial score (nSPS) is 12.1. The fourth-order valence-electron chi connectivity index (χ4n) is 5.69.